The van der Waals surface area contributed by atoms with Gasteiger partial charge in [-0.1, -0.05) is 0 Å². The molecule has 4 heteroatoms. The predicted octanol–water partition coefficient (Wildman–Crippen LogP) is 3.26. The molecule has 1 nitrogen and oxygen atoms in total. The highest BCUT2D eigenvalue weighted by Gasteiger charge is 2.07. The third kappa shape index (κ3) is 1.47. The van der Waals surface area contributed by atoms with E-state index in [2.05, 4.69) is 15.9 Å². The van der Waals surface area contributed by atoms with Gasteiger partial charge in [0, 0.05) is 5.38 Å². The van der Waals surface area contributed by atoms with Crippen LogP contribution in [0.5, 0.6) is 5.75 Å². The molecule has 0 saturated heterocycles. The van der Waals surface area contributed by atoms with Gasteiger partial charge in [0.2, 0.25) is 0 Å². The number of ether oxygens (including phenoxy) is 1. The van der Waals surface area contributed by atoms with E-state index in [1.807, 2.05) is 5.38 Å². The summed E-state index contributed by atoms with van der Waals surface area (Å²) < 4.78 is 6.07. The molecular weight excluding hydrogens is 235 g/mol. The van der Waals surface area contributed by atoms with E-state index in [-0.39, 0.29) is 0 Å². The lowest BCUT2D eigenvalue weighted by atomic mass is 10.5. The molecule has 1 rings (SSSR count). The van der Waals surface area contributed by atoms with Crippen molar-refractivity contribution in [3.8, 4) is 5.75 Å². The lowest BCUT2D eigenvalue weighted by Gasteiger charge is -1.97. The van der Waals surface area contributed by atoms with Crippen molar-refractivity contribution in [2.45, 2.75) is 5.88 Å². The number of thiophene rings is 1. The van der Waals surface area contributed by atoms with E-state index >= 15 is 0 Å². The van der Waals surface area contributed by atoms with E-state index in [1.54, 1.807) is 18.4 Å². The summed E-state index contributed by atoms with van der Waals surface area (Å²) in [5, 5.41) is 1.97. The molecule has 0 aliphatic rings. The molecule has 0 unspecified atom stereocenters. The zero-order valence-corrected chi connectivity index (χ0v) is 8.52. The van der Waals surface area contributed by atoms with Crippen LogP contribution < -0.4 is 4.74 Å². The highest BCUT2D eigenvalue weighted by atomic mass is 79.9. The van der Waals surface area contributed by atoms with Crippen LogP contribution >= 0.6 is 38.9 Å². The largest absolute Gasteiger partial charge is 0.494 e. The van der Waals surface area contributed by atoms with Gasteiger partial charge in [0.1, 0.15) is 5.75 Å². The average molecular weight is 242 g/mol. The lowest BCUT2D eigenvalue weighted by molar-refractivity contribution is 0.411. The van der Waals surface area contributed by atoms with Gasteiger partial charge in [-0.2, -0.15) is 0 Å². The minimum Gasteiger partial charge on any atom is -0.494 e. The minimum atomic E-state index is 0.513. The molecule has 0 aromatic carbocycles. The molecule has 0 radical (unpaired) electrons. The van der Waals surface area contributed by atoms with Crippen LogP contribution in [0.4, 0.5) is 0 Å². The Bertz CT molecular complexity index is 224. The van der Waals surface area contributed by atoms with Gasteiger partial charge in [-0.15, -0.1) is 22.9 Å². The second-order valence-electron chi connectivity index (χ2n) is 1.67. The van der Waals surface area contributed by atoms with E-state index in [1.165, 1.54) is 0 Å². The third-order valence-corrected chi connectivity index (χ3v) is 3.39. The first-order chi connectivity index (χ1) is 4.79. The first-order valence-electron chi connectivity index (χ1n) is 2.65. The average Bonchev–Trinajstić information content (AvgIpc) is 2.30. The van der Waals surface area contributed by atoms with E-state index in [9.17, 15) is 0 Å². The Morgan fingerprint density at radius 3 is 2.90 bits per heavy atom. The Balaban J connectivity index is 3.01. The summed E-state index contributed by atoms with van der Waals surface area (Å²) in [4.78, 5) is 1.07. The van der Waals surface area contributed by atoms with E-state index in [0.29, 0.717) is 5.88 Å². The maximum atomic E-state index is 5.63. The Kier molecular flexibility index (Phi) is 3.01. The van der Waals surface area contributed by atoms with Gasteiger partial charge in [0.25, 0.3) is 0 Å². The van der Waals surface area contributed by atoms with Crippen molar-refractivity contribution in [3.05, 3.63) is 14.7 Å². The van der Waals surface area contributed by atoms with Crippen molar-refractivity contribution in [3.63, 3.8) is 0 Å². The van der Waals surface area contributed by atoms with E-state index < -0.39 is 0 Å². The second-order valence-corrected chi connectivity index (χ2v) is 3.76. The summed E-state index contributed by atoms with van der Waals surface area (Å²) >= 11 is 10.6. The molecule has 1 aromatic rings. The van der Waals surface area contributed by atoms with Gasteiger partial charge in [-0.25, -0.2) is 0 Å². The Labute approximate surface area is 77.1 Å². The van der Waals surface area contributed by atoms with Crippen molar-refractivity contribution in [2.24, 2.45) is 0 Å². The Hall–Kier alpha value is 0.270. The molecule has 0 saturated carbocycles. The molecule has 0 fully saturated rings. The number of halogens is 2. The van der Waals surface area contributed by atoms with Crippen molar-refractivity contribution in [1.82, 2.24) is 0 Å². The maximum absolute atomic E-state index is 5.63. The van der Waals surface area contributed by atoms with Gasteiger partial charge in [0.15, 0.2) is 0 Å². The van der Waals surface area contributed by atoms with Crippen LogP contribution in [0.3, 0.4) is 0 Å². The van der Waals surface area contributed by atoms with Crippen LogP contribution in [0.1, 0.15) is 4.88 Å². The molecular formula is C6H6BrClOS. The van der Waals surface area contributed by atoms with E-state index in [0.717, 1.165) is 15.1 Å². The maximum Gasteiger partial charge on any atom is 0.148 e. The molecule has 0 atom stereocenters. The van der Waals surface area contributed by atoms with Crippen LogP contribution in [-0.2, 0) is 5.88 Å². The molecule has 0 aliphatic heterocycles. The molecule has 0 bridgehead atoms. The quantitative estimate of drug-likeness (QED) is 0.722. The minimum absolute atomic E-state index is 0.513. The Morgan fingerprint density at radius 1 is 1.80 bits per heavy atom. The number of alkyl halides is 1. The normalized spacial score (nSPS) is 9.90. The summed E-state index contributed by atoms with van der Waals surface area (Å²) in [5.74, 6) is 1.37. The molecule has 10 heavy (non-hydrogen) atoms. The first-order valence-corrected chi connectivity index (χ1v) is 4.86. The molecule has 1 aromatic heterocycles. The summed E-state index contributed by atoms with van der Waals surface area (Å²) in [7, 11) is 1.64. The molecule has 0 amide bonds. The zero-order valence-electron chi connectivity index (χ0n) is 5.36. The molecule has 0 spiro atoms. The van der Waals surface area contributed by atoms with Crippen LogP contribution in [0.2, 0.25) is 0 Å². The lowest BCUT2D eigenvalue weighted by Crippen LogP contribution is -1.83. The van der Waals surface area contributed by atoms with Gasteiger partial charge >= 0.3 is 0 Å². The monoisotopic (exact) mass is 240 g/mol. The summed E-state index contributed by atoms with van der Waals surface area (Å²) in [6.45, 7) is 0. The predicted molar refractivity (Wildman–Crippen MR) is 48.1 cm³/mol. The smallest absolute Gasteiger partial charge is 0.148 e. The molecule has 1 heterocycles. The van der Waals surface area contributed by atoms with Crippen LogP contribution in [-0.4, -0.2) is 7.11 Å². The Morgan fingerprint density at radius 2 is 2.50 bits per heavy atom. The fraction of sp³-hybridized carbons (Fsp3) is 0.333. The van der Waals surface area contributed by atoms with Gasteiger partial charge < -0.3 is 4.74 Å². The number of rotatable bonds is 2. The summed E-state index contributed by atoms with van der Waals surface area (Å²) in [6.07, 6.45) is 0. The van der Waals surface area contributed by atoms with Gasteiger partial charge in [0.05, 0.1) is 22.3 Å². The van der Waals surface area contributed by atoms with Crippen LogP contribution in [0, 0.1) is 0 Å². The third-order valence-electron chi connectivity index (χ3n) is 1.10. The standard InChI is InChI=1S/C6H6BrClOS/c1-9-6-4(7)3-10-5(6)2-8/h3H,2H2,1H3. The zero-order chi connectivity index (χ0) is 7.56. The summed E-state index contributed by atoms with van der Waals surface area (Å²) in [6, 6.07) is 0. The van der Waals surface area contributed by atoms with Crippen molar-refractivity contribution >= 4 is 38.9 Å². The van der Waals surface area contributed by atoms with Gasteiger partial charge in [-0.05, 0) is 15.9 Å². The number of methoxy groups -OCH3 is 1. The van der Waals surface area contributed by atoms with Gasteiger partial charge in [-0.3, -0.25) is 0 Å². The van der Waals surface area contributed by atoms with Crippen molar-refractivity contribution < 1.29 is 4.74 Å². The first kappa shape index (κ1) is 8.37. The number of hydrogen-bond acceptors (Lipinski definition) is 2. The van der Waals surface area contributed by atoms with Crippen LogP contribution in [0.15, 0.2) is 9.85 Å². The SMILES string of the molecule is COc1c(Br)csc1CCl. The van der Waals surface area contributed by atoms with E-state index in [4.69, 9.17) is 16.3 Å². The highest BCUT2D eigenvalue weighted by molar-refractivity contribution is 9.10. The second kappa shape index (κ2) is 3.60. The van der Waals surface area contributed by atoms with Crippen molar-refractivity contribution in [1.29, 1.82) is 0 Å². The molecule has 0 aliphatic carbocycles. The molecule has 56 valence electrons. The fourth-order valence-electron chi connectivity index (χ4n) is 0.667. The highest BCUT2D eigenvalue weighted by Crippen LogP contribution is 2.35. The van der Waals surface area contributed by atoms with Crippen LogP contribution in [0.25, 0.3) is 0 Å². The fourth-order valence-corrected chi connectivity index (χ4v) is 2.51. The number of hydrogen-bond donors (Lipinski definition) is 0. The van der Waals surface area contributed by atoms with Crippen molar-refractivity contribution in [2.75, 3.05) is 7.11 Å². The topological polar surface area (TPSA) is 9.23 Å². The summed E-state index contributed by atoms with van der Waals surface area (Å²) in [5.41, 5.74) is 0. The molecule has 0 N–H and O–H groups in total.